The number of allylic oxidation sites excluding steroid dienone is 1. The van der Waals surface area contributed by atoms with Gasteiger partial charge < -0.3 is 0 Å². The first-order valence-corrected chi connectivity index (χ1v) is 12.9. The van der Waals surface area contributed by atoms with Gasteiger partial charge in [0.25, 0.3) is 0 Å². The molecule has 0 N–H and O–H groups in total. The van der Waals surface area contributed by atoms with Gasteiger partial charge in [-0.3, -0.25) is 0 Å². The Kier molecular flexibility index (Phi) is 5.83. The molecule has 4 rings (SSSR count). The van der Waals surface area contributed by atoms with Gasteiger partial charge in [0.1, 0.15) is 0 Å². The molecule has 0 nitrogen and oxygen atoms in total. The van der Waals surface area contributed by atoms with Crippen LogP contribution in [0.2, 0.25) is 0 Å². The van der Waals surface area contributed by atoms with E-state index in [2.05, 4.69) is 41.2 Å². The smallest absolute Gasteiger partial charge is 0.0237 e. The summed E-state index contributed by atoms with van der Waals surface area (Å²) in [6, 6.07) is 0. The molecule has 0 aromatic carbocycles. The van der Waals surface area contributed by atoms with Gasteiger partial charge in [-0.15, -0.1) is 0 Å². The van der Waals surface area contributed by atoms with Crippen LogP contribution in [0.4, 0.5) is 0 Å². The van der Waals surface area contributed by atoms with Crippen molar-refractivity contribution in [1.29, 1.82) is 0 Å². The number of hydrogen-bond donors (Lipinski definition) is 0. The topological polar surface area (TPSA) is 0 Å². The third kappa shape index (κ3) is 3.33. The predicted molar refractivity (Wildman–Crippen MR) is 122 cm³/mol. The summed E-state index contributed by atoms with van der Waals surface area (Å²) in [5, 5.41) is 0. The first kappa shape index (κ1) is 21.0. The van der Waals surface area contributed by atoms with Crippen molar-refractivity contribution in [2.75, 3.05) is 0 Å². The highest BCUT2D eigenvalue weighted by Gasteiger charge is 2.60. The van der Waals surface area contributed by atoms with Crippen molar-refractivity contribution >= 4 is 0 Å². The zero-order valence-corrected chi connectivity index (χ0v) is 19.7. The van der Waals surface area contributed by atoms with E-state index in [0.29, 0.717) is 16.7 Å². The van der Waals surface area contributed by atoms with E-state index in [1.54, 1.807) is 38.5 Å². The standard InChI is InChI=1S/C28H48/c1-19(2)20(3)10-11-21(4)24-14-15-25-23-13-12-22-9-7-8-17-27(22,5)26(23)16-18-28(24,25)6/h20-26H,1,7-18H2,2-6H3/t20-,21+,22?,23-,24+,25-,26-,27-,28+/m0/s1. The Labute approximate surface area is 176 Å². The summed E-state index contributed by atoms with van der Waals surface area (Å²) in [5.74, 6) is 6.79. The fraction of sp³-hybridized carbons (Fsp3) is 0.929. The third-order valence-corrected chi connectivity index (χ3v) is 11.2. The molecule has 0 heteroatoms. The molecule has 0 heterocycles. The van der Waals surface area contributed by atoms with E-state index in [-0.39, 0.29) is 0 Å². The minimum Gasteiger partial charge on any atom is -0.0999 e. The third-order valence-electron chi connectivity index (χ3n) is 11.2. The Hall–Kier alpha value is -0.260. The number of rotatable bonds is 5. The van der Waals surface area contributed by atoms with Crippen LogP contribution in [0.1, 0.15) is 112 Å². The molecule has 9 atom stereocenters. The first-order valence-electron chi connectivity index (χ1n) is 12.9. The average molecular weight is 385 g/mol. The monoisotopic (exact) mass is 384 g/mol. The highest BCUT2D eigenvalue weighted by Crippen LogP contribution is 2.68. The quantitative estimate of drug-likeness (QED) is 0.416. The Morgan fingerprint density at radius 1 is 0.857 bits per heavy atom. The van der Waals surface area contributed by atoms with Crippen LogP contribution in [0.5, 0.6) is 0 Å². The molecule has 0 aliphatic heterocycles. The van der Waals surface area contributed by atoms with E-state index in [4.69, 9.17) is 0 Å². The number of fused-ring (bicyclic) bond motifs is 5. The summed E-state index contributed by atoms with van der Waals surface area (Å²) in [5.41, 5.74) is 2.72. The number of hydrogen-bond acceptors (Lipinski definition) is 0. The molecule has 0 aromatic heterocycles. The maximum atomic E-state index is 4.19. The summed E-state index contributed by atoms with van der Waals surface area (Å²) in [4.78, 5) is 0. The summed E-state index contributed by atoms with van der Waals surface area (Å²) in [7, 11) is 0. The minimum absolute atomic E-state index is 0.644. The van der Waals surface area contributed by atoms with Gasteiger partial charge in [0.15, 0.2) is 0 Å². The second-order valence-electron chi connectivity index (χ2n) is 12.4. The highest BCUT2D eigenvalue weighted by molar-refractivity contribution is 5.09. The minimum atomic E-state index is 0.644. The van der Waals surface area contributed by atoms with E-state index in [0.717, 1.165) is 35.5 Å². The Balaban J connectivity index is 1.47. The molecule has 28 heavy (non-hydrogen) atoms. The van der Waals surface area contributed by atoms with Crippen molar-refractivity contribution in [3.8, 4) is 0 Å². The van der Waals surface area contributed by atoms with Crippen LogP contribution in [0.3, 0.4) is 0 Å². The normalized spacial score (nSPS) is 47.5. The van der Waals surface area contributed by atoms with E-state index < -0.39 is 0 Å². The Bertz CT molecular complexity index is 575. The van der Waals surface area contributed by atoms with Gasteiger partial charge >= 0.3 is 0 Å². The summed E-state index contributed by atoms with van der Waals surface area (Å²) in [6.45, 7) is 16.8. The van der Waals surface area contributed by atoms with Crippen LogP contribution in [-0.2, 0) is 0 Å². The van der Waals surface area contributed by atoms with Gasteiger partial charge in [0.05, 0.1) is 0 Å². The molecular weight excluding hydrogens is 336 g/mol. The van der Waals surface area contributed by atoms with Crippen LogP contribution in [0.15, 0.2) is 12.2 Å². The van der Waals surface area contributed by atoms with Crippen LogP contribution < -0.4 is 0 Å². The predicted octanol–water partition coefficient (Wildman–Crippen LogP) is 8.66. The molecule has 0 radical (unpaired) electrons. The van der Waals surface area contributed by atoms with Gasteiger partial charge in [-0.05, 0) is 123 Å². The van der Waals surface area contributed by atoms with Gasteiger partial charge in [-0.2, -0.15) is 0 Å². The summed E-state index contributed by atoms with van der Waals surface area (Å²) < 4.78 is 0. The van der Waals surface area contributed by atoms with Crippen molar-refractivity contribution in [1.82, 2.24) is 0 Å². The van der Waals surface area contributed by atoms with Crippen LogP contribution in [0, 0.1) is 52.3 Å². The van der Waals surface area contributed by atoms with Crippen molar-refractivity contribution in [2.45, 2.75) is 112 Å². The second kappa shape index (κ2) is 7.77. The fourth-order valence-electron chi connectivity index (χ4n) is 9.23. The molecule has 0 spiro atoms. The van der Waals surface area contributed by atoms with Crippen LogP contribution >= 0.6 is 0 Å². The SMILES string of the molecule is C=C(C)[C@@H](C)CC[C@@H](C)[C@H]1CC[C@H]2[C@@H]3CCC4CCCC[C@]4(C)[C@H]3CC[C@]12C. The maximum absolute atomic E-state index is 4.19. The van der Waals surface area contributed by atoms with E-state index in [1.807, 2.05) is 0 Å². The molecule has 4 aliphatic rings. The van der Waals surface area contributed by atoms with E-state index in [1.165, 1.54) is 44.1 Å². The maximum Gasteiger partial charge on any atom is -0.0237 e. The lowest BCUT2D eigenvalue weighted by Crippen LogP contribution is -2.53. The van der Waals surface area contributed by atoms with Crippen molar-refractivity contribution in [2.24, 2.45) is 52.3 Å². The van der Waals surface area contributed by atoms with E-state index >= 15 is 0 Å². The van der Waals surface area contributed by atoms with Crippen molar-refractivity contribution < 1.29 is 0 Å². The van der Waals surface area contributed by atoms with Gasteiger partial charge in [0.2, 0.25) is 0 Å². The lowest BCUT2D eigenvalue weighted by atomic mass is 9.44. The molecule has 1 unspecified atom stereocenters. The van der Waals surface area contributed by atoms with E-state index in [9.17, 15) is 0 Å². The zero-order chi connectivity index (χ0) is 20.1. The second-order valence-corrected chi connectivity index (χ2v) is 12.4. The van der Waals surface area contributed by atoms with Crippen molar-refractivity contribution in [3.05, 3.63) is 12.2 Å². The molecule has 4 saturated carbocycles. The average Bonchev–Trinajstić information content (AvgIpc) is 3.02. The molecule has 0 saturated heterocycles. The summed E-state index contributed by atoms with van der Waals surface area (Å²) in [6.07, 6.45) is 18.1. The van der Waals surface area contributed by atoms with Crippen LogP contribution in [0.25, 0.3) is 0 Å². The lowest BCUT2D eigenvalue weighted by molar-refractivity contribution is -0.114. The lowest BCUT2D eigenvalue weighted by Gasteiger charge is -2.61. The molecule has 4 aliphatic carbocycles. The first-order chi connectivity index (χ1) is 13.3. The Morgan fingerprint density at radius 2 is 1.61 bits per heavy atom. The molecule has 0 bridgehead atoms. The zero-order valence-electron chi connectivity index (χ0n) is 19.7. The molecule has 0 amide bonds. The van der Waals surface area contributed by atoms with Crippen LogP contribution in [-0.4, -0.2) is 0 Å². The Morgan fingerprint density at radius 3 is 2.36 bits per heavy atom. The van der Waals surface area contributed by atoms with Crippen molar-refractivity contribution in [3.63, 3.8) is 0 Å². The largest absolute Gasteiger partial charge is 0.0999 e. The molecule has 0 aromatic rings. The highest BCUT2D eigenvalue weighted by atomic mass is 14.6. The van der Waals surface area contributed by atoms with Gasteiger partial charge in [-0.1, -0.05) is 52.7 Å². The molecule has 4 fully saturated rings. The molecular formula is C28H48. The molecule has 160 valence electrons. The summed E-state index contributed by atoms with van der Waals surface area (Å²) >= 11 is 0. The fourth-order valence-corrected chi connectivity index (χ4v) is 9.23. The van der Waals surface area contributed by atoms with Gasteiger partial charge in [-0.25, -0.2) is 0 Å². The van der Waals surface area contributed by atoms with Gasteiger partial charge in [0, 0.05) is 0 Å².